The highest BCUT2D eigenvalue weighted by molar-refractivity contribution is 7.92. The topological polar surface area (TPSA) is 93.0 Å². The molecule has 0 radical (unpaired) electrons. The Morgan fingerprint density at radius 3 is 2.74 bits per heavy atom. The first kappa shape index (κ1) is 21.3. The van der Waals surface area contributed by atoms with Gasteiger partial charge in [-0.25, -0.2) is 18.4 Å². The summed E-state index contributed by atoms with van der Waals surface area (Å²) in [4.78, 5) is 9.12. The van der Waals surface area contributed by atoms with E-state index in [0.29, 0.717) is 25.3 Å². The van der Waals surface area contributed by atoms with Gasteiger partial charge in [-0.1, -0.05) is 6.92 Å². The van der Waals surface area contributed by atoms with Crippen LogP contribution in [0.2, 0.25) is 0 Å². The van der Waals surface area contributed by atoms with Crippen LogP contribution in [0.1, 0.15) is 44.4 Å². The van der Waals surface area contributed by atoms with Crippen molar-refractivity contribution in [3.63, 3.8) is 0 Å². The number of aromatic nitrogens is 4. The molecule has 1 aliphatic heterocycles. The van der Waals surface area contributed by atoms with Crippen molar-refractivity contribution in [2.45, 2.75) is 46.6 Å². The monoisotopic (exact) mass is 440 g/mol. The maximum Gasteiger partial charge on any atom is 0.235 e. The third-order valence-corrected chi connectivity index (χ3v) is 7.34. The van der Waals surface area contributed by atoms with Gasteiger partial charge in [0.15, 0.2) is 0 Å². The van der Waals surface area contributed by atoms with Gasteiger partial charge in [-0.2, -0.15) is 5.10 Å². The van der Waals surface area contributed by atoms with Crippen LogP contribution in [0.3, 0.4) is 0 Å². The lowest BCUT2D eigenvalue weighted by atomic mass is 10.1. The van der Waals surface area contributed by atoms with E-state index in [0.717, 1.165) is 33.8 Å². The van der Waals surface area contributed by atoms with Crippen LogP contribution in [0.5, 0.6) is 0 Å². The van der Waals surface area contributed by atoms with Crippen molar-refractivity contribution < 1.29 is 8.42 Å². The molecule has 164 valence electrons. The second-order valence-corrected chi connectivity index (χ2v) is 10.1. The zero-order valence-electron chi connectivity index (χ0n) is 18.3. The lowest BCUT2D eigenvalue weighted by Gasteiger charge is -2.19. The highest BCUT2D eigenvalue weighted by Gasteiger charge is 2.28. The van der Waals surface area contributed by atoms with E-state index >= 15 is 0 Å². The SMILES string of the molecule is CCCS(=O)(=O)N1CCc2cc(Nc3ncc(C)c(-c4cnn(C(C)C)c4)n3)ccc21. The molecule has 1 aliphatic rings. The lowest BCUT2D eigenvalue weighted by molar-refractivity contribution is 0.532. The molecule has 0 aliphatic carbocycles. The van der Waals surface area contributed by atoms with Gasteiger partial charge in [-0.05, 0) is 62.9 Å². The Morgan fingerprint density at radius 1 is 1.23 bits per heavy atom. The number of hydrogen-bond acceptors (Lipinski definition) is 6. The van der Waals surface area contributed by atoms with E-state index < -0.39 is 10.0 Å². The molecule has 0 bridgehead atoms. The largest absolute Gasteiger partial charge is 0.324 e. The van der Waals surface area contributed by atoms with Gasteiger partial charge in [0, 0.05) is 36.2 Å². The molecule has 9 heteroatoms. The molecule has 0 atom stereocenters. The maximum atomic E-state index is 12.5. The van der Waals surface area contributed by atoms with Gasteiger partial charge in [0.25, 0.3) is 0 Å². The molecule has 8 nitrogen and oxygen atoms in total. The second kappa shape index (κ2) is 8.30. The van der Waals surface area contributed by atoms with Gasteiger partial charge < -0.3 is 5.32 Å². The van der Waals surface area contributed by atoms with Crippen LogP contribution in [0.25, 0.3) is 11.3 Å². The normalized spacial score (nSPS) is 13.6. The number of sulfonamides is 1. The van der Waals surface area contributed by atoms with Crippen molar-refractivity contribution >= 4 is 27.3 Å². The average Bonchev–Trinajstić information content (AvgIpc) is 3.37. The first-order valence-corrected chi connectivity index (χ1v) is 12.2. The summed E-state index contributed by atoms with van der Waals surface area (Å²) in [6.45, 7) is 8.52. The molecule has 31 heavy (non-hydrogen) atoms. The number of nitrogens with one attached hydrogen (secondary N) is 1. The maximum absolute atomic E-state index is 12.5. The van der Waals surface area contributed by atoms with Crippen LogP contribution in [0.4, 0.5) is 17.3 Å². The van der Waals surface area contributed by atoms with Crippen LogP contribution in [-0.2, 0) is 16.4 Å². The Morgan fingerprint density at radius 2 is 2.03 bits per heavy atom. The number of anilines is 3. The van der Waals surface area contributed by atoms with Crippen LogP contribution in [0.15, 0.2) is 36.8 Å². The molecule has 4 rings (SSSR count). The zero-order chi connectivity index (χ0) is 22.2. The Labute approximate surface area is 183 Å². The van der Waals surface area contributed by atoms with Crippen molar-refractivity contribution in [1.29, 1.82) is 0 Å². The first-order chi connectivity index (χ1) is 14.8. The Hall–Kier alpha value is -2.94. The van der Waals surface area contributed by atoms with Crippen molar-refractivity contribution in [3.8, 4) is 11.3 Å². The molecule has 0 amide bonds. The summed E-state index contributed by atoms with van der Waals surface area (Å²) >= 11 is 0. The summed E-state index contributed by atoms with van der Waals surface area (Å²) in [6.07, 6.45) is 6.91. The van der Waals surface area contributed by atoms with E-state index in [2.05, 4.69) is 29.2 Å². The summed E-state index contributed by atoms with van der Waals surface area (Å²) in [5.74, 6) is 0.658. The van der Waals surface area contributed by atoms with Crippen LogP contribution in [0, 0.1) is 6.92 Å². The molecule has 0 saturated carbocycles. The zero-order valence-corrected chi connectivity index (χ0v) is 19.1. The molecular weight excluding hydrogens is 412 g/mol. The van der Waals surface area contributed by atoms with E-state index in [9.17, 15) is 8.42 Å². The third-order valence-electron chi connectivity index (χ3n) is 5.36. The molecule has 2 aromatic heterocycles. The number of nitrogens with zero attached hydrogens (tertiary/aromatic N) is 5. The number of hydrogen-bond donors (Lipinski definition) is 1. The molecule has 1 N–H and O–H groups in total. The summed E-state index contributed by atoms with van der Waals surface area (Å²) in [7, 11) is -3.26. The molecule has 0 fully saturated rings. The van der Waals surface area contributed by atoms with Gasteiger partial charge in [-0.15, -0.1) is 0 Å². The minimum absolute atomic E-state index is 0.166. The van der Waals surface area contributed by atoms with Crippen molar-refractivity contribution in [2.24, 2.45) is 0 Å². The van der Waals surface area contributed by atoms with Gasteiger partial charge >= 0.3 is 0 Å². The fourth-order valence-corrected chi connectivity index (χ4v) is 5.36. The van der Waals surface area contributed by atoms with E-state index in [1.165, 1.54) is 4.31 Å². The summed E-state index contributed by atoms with van der Waals surface area (Å²) in [6, 6.07) is 6.00. The van der Waals surface area contributed by atoms with E-state index in [-0.39, 0.29) is 11.8 Å². The Bertz CT molecular complexity index is 1200. The highest BCUT2D eigenvalue weighted by atomic mass is 32.2. The average molecular weight is 441 g/mol. The standard InChI is InChI=1S/C22H28N6O2S/c1-5-10-31(29,30)28-9-8-17-11-19(6-7-20(17)28)25-22-23-12-16(4)21(26-22)18-13-24-27(14-18)15(2)3/h6-7,11-15H,5,8-10H2,1-4H3,(H,23,25,26). The number of rotatable bonds is 7. The molecule has 3 aromatic rings. The van der Waals surface area contributed by atoms with Crippen LogP contribution < -0.4 is 9.62 Å². The number of aryl methyl sites for hydroxylation is 1. The summed E-state index contributed by atoms with van der Waals surface area (Å²) in [5.41, 5.74) is 5.37. The molecule has 0 saturated heterocycles. The molecular formula is C22H28N6O2S. The molecule has 0 spiro atoms. The first-order valence-electron chi connectivity index (χ1n) is 10.6. The second-order valence-electron chi connectivity index (χ2n) is 8.13. The third kappa shape index (κ3) is 4.27. The Kier molecular flexibility index (Phi) is 5.70. The van der Waals surface area contributed by atoms with Gasteiger partial charge in [0.2, 0.25) is 16.0 Å². The number of benzene rings is 1. The Balaban J connectivity index is 1.58. The minimum atomic E-state index is -3.26. The fourth-order valence-electron chi connectivity index (χ4n) is 3.77. The predicted molar refractivity (Wildman–Crippen MR) is 123 cm³/mol. The van der Waals surface area contributed by atoms with Gasteiger partial charge in [0.05, 0.1) is 23.3 Å². The van der Waals surface area contributed by atoms with Gasteiger partial charge in [-0.3, -0.25) is 8.99 Å². The van der Waals surface area contributed by atoms with Crippen molar-refractivity contribution in [2.75, 3.05) is 21.9 Å². The molecule has 1 aromatic carbocycles. The van der Waals surface area contributed by atoms with Crippen molar-refractivity contribution in [3.05, 3.63) is 47.9 Å². The van der Waals surface area contributed by atoms with E-state index in [4.69, 9.17) is 4.98 Å². The predicted octanol–water partition coefficient (Wildman–Crippen LogP) is 4.08. The fraction of sp³-hybridized carbons (Fsp3) is 0.409. The van der Waals surface area contributed by atoms with Gasteiger partial charge in [0.1, 0.15) is 0 Å². The smallest absolute Gasteiger partial charge is 0.235 e. The van der Waals surface area contributed by atoms with Crippen molar-refractivity contribution in [1.82, 2.24) is 19.7 Å². The van der Waals surface area contributed by atoms with Crippen LogP contribution >= 0.6 is 0 Å². The lowest BCUT2D eigenvalue weighted by Crippen LogP contribution is -2.31. The number of fused-ring (bicyclic) bond motifs is 1. The van der Waals surface area contributed by atoms with E-state index in [1.54, 1.807) is 6.20 Å². The minimum Gasteiger partial charge on any atom is -0.324 e. The summed E-state index contributed by atoms with van der Waals surface area (Å²) < 4.78 is 28.4. The van der Waals surface area contributed by atoms with Crippen LogP contribution in [-0.4, -0.2) is 40.5 Å². The highest BCUT2D eigenvalue weighted by Crippen LogP contribution is 2.33. The quantitative estimate of drug-likeness (QED) is 0.595. The van der Waals surface area contributed by atoms with E-state index in [1.807, 2.05) is 49.1 Å². The molecule has 0 unspecified atom stereocenters. The summed E-state index contributed by atoms with van der Waals surface area (Å²) in [5, 5.41) is 7.67. The molecule has 3 heterocycles.